The molecule has 0 bridgehead atoms. The van der Waals surface area contributed by atoms with Crippen LogP contribution >= 0.6 is 0 Å². The molecule has 0 aliphatic rings. The van der Waals surface area contributed by atoms with E-state index in [2.05, 4.69) is 14.9 Å². The van der Waals surface area contributed by atoms with Crippen molar-refractivity contribution in [3.8, 4) is 0 Å². The molecule has 90 valence electrons. The van der Waals surface area contributed by atoms with Crippen LogP contribution in [0.2, 0.25) is 0 Å². The van der Waals surface area contributed by atoms with E-state index in [0.717, 1.165) is 0 Å². The van der Waals surface area contributed by atoms with E-state index in [1.165, 1.54) is 6.20 Å². The van der Waals surface area contributed by atoms with Crippen molar-refractivity contribution in [2.45, 2.75) is 32.5 Å². The summed E-state index contributed by atoms with van der Waals surface area (Å²) >= 11 is 0. The van der Waals surface area contributed by atoms with Crippen LogP contribution in [0.25, 0.3) is 0 Å². The summed E-state index contributed by atoms with van der Waals surface area (Å²) < 4.78 is 4.68. The van der Waals surface area contributed by atoms with Crippen LogP contribution in [-0.2, 0) is 9.53 Å². The van der Waals surface area contributed by atoms with Gasteiger partial charge in [-0.05, 0) is 13.8 Å². The van der Waals surface area contributed by atoms with Crippen LogP contribution in [0.3, 0.4) is 0 Å². The summed E-state index contributed by atoms with van der Waals surface area (Å²) in [6, 6.07) is 0. The number of carbonyl (C=O) groups excluding carboxylic acids is 1. The predicted octanol–water partition coefficient (Wildman–Crippen LogP) is 0.0656. The number of esters is 1. The molecule has 16 heavy (non-hydrogen) atoms. The Balaban J connectivity index is 2.57. The average Bonchev–Trinajstić information content (AvgIpc) is 2.63. The fraction of sp³-hybridized carbons (Fsp3) is 0.600. The highest BCUT2D eigenvalue weighted by Crippen LogP contribution is 2.20. The fourth-order valence-electron chi connectivity index (χ4n) is 1.37. The Morgan fingerprint density at radius 3 is 2.81 bits per heavy atom. The number of rotatable bonds is 5. The number of aromatic nitrogens is 2. The van der Waals surface area contributed by atoms with E-state index < -0.39 is 18.2 Å². The lowest BCUT2D eigenvalue weighted by atomic mass is 10.0. The van der Waals surface area contributed by atoms with Crippen LogP contribution in [-0.4, -0.2) is 39.1 Å². The number of ether oxygens (including phenoxy) is 1. The molecule has 0 aliphatic carbocycles. The van der Waals surface area contributed by atoms with Crippen molar-refractivity contribution in [1.82, 2.24) is 10.2 Å². The summed E-state index contributed by atoms with van der Waals surface area (Å²) in [6.07, 6.45) is -1.13. The molecule has 6 nitrogen and oxygen atoms in total. The van der Waals surface area contributed by atoms with Gasteiger partial charge in [0.1, 0.15) is 6.10 Å². The maximum absolute atomic E-state index is 11.1. The topological polar surface area (TPSA) is 95.4 Å². The number of aryl methyl sites for hydroxylation is 1. The molecule has 6 heteroatoms. The number of carbonyl (C=O) groups is 1. The molecule has 0 aliphatic heterocycles. The summed E-state index contributed by atoms with van der Waals surface area (Å²) in [7, 11) is 0. The van der Waals surface area contributed by atoms with Crippen LogP contribution in [0.5, 0.6) is 0 Å². The van der Waals surface area contributed by atoms with Gasteiger partial charge in [-0.1, -0.05) is 0 Å². The number of aromatic amines is 1. The Bertz CT molecular complexity index is 350. The second-order valence-electron chi connectivity index (χ2n) is 3.47. The van der Waals surface area contributed by atoms with Gasteiger partial charge in [-0.15, -0.1) is 0 Å². The van der Waals surface area contributed by atoms with E-state index in [9.17, 15) is 15.0 Å². The zero-order valence-corrected chi connectivity index (χ0v) is 9.30. The van der Waals surface area contributed by atoms with Gasteiger partial charge in [-0.2, -0.15) is 5.10 Å². The predicted molar refractivity (Wildman–Crippen MR) is 55.5 cm³/mol. The summed E-state index contributed by atoms with van der Waals surface area (Å²) in [6.45, 7) is 3.66. The molecule has 0 saturated carbocycles. The second kappa shape index (κ2) is 5.62. The first-order valence-electron chi connectivity index (χ1n) is 5.07. The lowest BCUT2D eigenvalue weighted by molar-refractivity contribution is -0.147. The third-order valence-corrected chi connectivity index (χ3v) is 2.23. The van der Waals surface area contributed by atoms with Gasteiger partial charge < -0.3 is 14.9 Å². The highest BCUT2D eigenvalue weighted by atomic mass is 16.5. The molecule has 0 radical (unpaired) electrons. The van der Waals surface area contributed by atoms with Crippen molar-refractivity contribution in [2.75, 3.05) is 6.61 Å². The molecule has 1 aromatic rings. The van der Waals surface area contributed by atoms with Crippen molar-refractivity contribution >= 4 is 5.97 Å². The Morgan fingerprint density at radius 2 is 2.31 bits per heavy atom. The van der Waals surface area contributed by atoms with Crippen LogP contribution in [0.15, 0.2) is 6.20 Å². The van der Waals surface area contributed by atoms with Crippen LogP contribution in [0, 0.1) is 6.92 Å². The molecule has 0 saturated heterocycles. The van der Waals surface area contributed by atoms with Crippen molar-refractivity contribution < 1.29 is 19.7 Å². The number of hydrogen-bond acceptors (Lipinski definition) is 5. The van der Waals surface area contributed by atoms with E-state index in [4.69, 9.17) is 0 Å². The number of hydrogen-bond donors (Lipinski definition) is 3. The van der Waals surface area contributed by atoms with E-state index in [-0.39, 0.29) is 13.0 Å². The molecule has 3 N–H and O–H groups in total. The monoisotopic (exact) mass is 228 g/mol. The smallest absolute Gasteiger partial charge is 0.308 e. The van der Waals surface area contributed by atoms with E-state index in [1.807, 2.05) is 0 Å². The molecule has 0 amide bonds. The molecule has 0 aromatic carbocycles. The van der Waals surface area contributed by atoms with Crippen molar-refractivity contribution in [1.29, 1.82) is 0 Å². The first kappa shape index (κ1) is 12.7. The standard InChI is InChI=1S/C10H16N2O4/c1-3-16-9(14)4-8(13)10(15)7-5-11-12-6(7)2/h5,8,10,13,15H,3-4H2,1-2H3,(H,11,12). The zero-order chi connectivity index (χ0) is 12.1. The molecular formula is C10H16N2O4. The van der Waals surface area contributed by atoms with Crippen LogP contribution < -0.4 is 0 Å². The fourth-order valence-corrected chi connectivity index (χ4v) is 1.37. The van der Waals surface area contributed by atoms with Gasteiger partial charge in [0.15, 0.2) is 0 Å². The number of aliphatic hydroxyl groups excluding tert-OH is 2. The quantitative estimate of drug-likeness (QED) is 0.620. The number of aliphatic hydroxyl groups is 2. The van der Waals surface area contributed by atoms with Gasteiger partial charge >= 0.3 is 5.97 Å². The van der Waals surface area contributed by atoms with Gasteiger partial charge in [-0.25, -0.2) is 0 Å². The number of nitrogens with one attached hydrogen (secondary N) is 1. The zero-order valence-electron chi connectivity index (χ0n) is 9.30. The minimum absolute atomic E-state index is 0.236. The second-order valence-corrected chi connectivity index (χ2v) is 3.47. The summed E-state index contributed by atoms with van der Waals surface area (Å²) in [4.78, 5) is 11.1. The molecule has 1 aromatic heterocycles. The largest absolute Gasteiger partial charge is 0.466 e. The molecule has 2 unspecified atom stereocenters. The highest BCUT2D eigenvalue weighted by molar-refractivity contribution is 5.70. The minimum Gasteiger partial charge on any atom is -0.466 e. The van der Waals surface area contributed by atoms with Gasteiger partial charge in [0.2, 0.25) is 0 Å². The van der Waals surface area contributed by atoms with Gasteiger partial charge in [0.05, 0.1) is 25.3 Å². The summed E-state index contributed by atoms with van der Waals surface area (Å²) in [5.41, 5.74) is 1.15. The third-order valence-electron chi connectivity index (χ3n) is 2.23. The van der Waals surface area contributed by atoms with Crippen molar-refractivity contribution in [3.63, 3.8) is 0 Å². The first-order valence-corrected chi connectivity index (χ1v) is 5.07. The normalized spacial score (nSPS) is 14.5. The minimum atomic E-state index is -1.18. The molecule has 1 rings (SSSR count). The highest BCUT2D eigenvalue weighted by Gasteiger charge is 2.24. The Hall–Kier alpha value is -1.40. The van der Waals surface area contributed by atoms with Crippen molar-refractivity contribution in [3.05, 3.63) is 17.5 Å². The molecular weight excluding hydrogens is 212 g/mol. The van der Waals surface area contributed by atoms with E-state index >= 15 is 0 Å². The molecule has 1 heterocycles. The van der Waals surface area contributed by atoms with Crippen molar-refractivity contribution in [2.24, 2.45) is 0 Å². The summed E-state index contributed by atoms with van der Waals surface area (Å²) in [5, 5.41) is 25.8. The first-order chi connectivity index (χ1) is 7.56. The Labute approximate surface area is 93.2 Å². The number of H-pyrrole nitrogens is 1. The Morgan fingerprint density at radius 1 is 1.62 bits per heavy atom. The SMILES string of the molecule is CCOC(=O)CC(O)C(O)c1cn[nH]c1C. The molecule has 0 spiro atoms. The maximum Gasteiger partial charge on any atom is 0.308 e. The summed E-state index contributed by atoms with van der Waals surface area (Å²) in [5.74, 6) is -0.532. The Kier molecular flexibility index (Phi) is 4.45. The van der Waals surface area contributed by atoms with Gasteiger partial charge in [0, 0.05) is 11.3 Å². The molecule has 0 fully saturated rings. The van der Waals surface area contributed by atoms with Gasteiger partial charge in [-0.3, -0.25) is 9.89 Å². The van der Waals surface area contributed by atoms with E-state index in [1.54, 1.807) is 13.8 Å². The third kappa shape index (κ3) is 3.04. The molecule has 2 atom stereocenters. The van der Waals surface area contributed by atoms with Gasteiger partial charge in [0.25, 0.3) is 0 Å². The lowest BCUT2D eigenvalue weighted by Gasteiger charge is -2.16. The average molecular weight is 228 g/mol. The maximum atomic E-state index is 11.1. The van der Waals surface area contributed by atoms with Crippen LogP contribution in [0.1, 0.15) is 30.7 Å². The van der Waals surface area contributed by atoms with Crippen LogP contribution in [0.4, 0.5) is 0 Å². The number of nitrogens with zero attached hydrogens (tertiary/aromatic N) is 1. The lowest BCUT2D eigenvalue weighted by Crippen LogP contribution is -2.23. The van der Waals surface area contributed by atoms with E-state index in [0.29, 0.717) is 11.3 Å².